The number of halogens is 3. The molecule has 1 atom stereocenters. The molecule has 2 amide bonds. The van der Waals surface area contributed by atoms with Crippen LogP contribution in [0.3, 0.4) is 0 Å². The van der Waals surface area contributed by atoms with Crippen LogP contribution in [0.2, 0.25) is 10.0 Å². The number of amides is 2. The Morgan fingerprint density at radius 3 is 2.02 bits per heavy atom. The Hall–Kier alpha value is -3.92. The third-order valence-electron chi connectivity index (χ3n) is 6.82. The van der Waals surface area contributed by atoms with E-state index in [1.165, 1.54) is 59.5 Å². The molecular weight excluding hydrogens is 636 g/mol. The Balaban J connectivity index is 1.83. The number of carbonyl (C=O) groups excluding carboxylic acids is 2. The molecule has 0 unspecified atom stereocenters. The molecule has 4 aromatic rings. The van der Waals surface area contributed by atoms with Gasteiger partial charge in [-0.15, -0.1) is 0 Å². The lowest BCUT2D eigenvalue weighted by atomic mass is 10.0. The summed E-state index contributed by atoms with van der Waals surface area (Å²) in [5.74, 6) is -1.56. The lowest BCUT2D eigenvalue weighted by Crippen LogP contribution is -2.56. The van der Waals surface area contributed by atoms with E-state index in [0.717, 1.165) is 9.87 Å². The molecule has 0 radical (unpaired) electrons. The molecule has 0 aliphatic carbocycles. The van der Waals surface area contributed by atoms with Crippen molar-refractivity contribution in [2.45, 2.75) is 50.2 Å². The normalized spacial score (nSPS) is 12.3. The number of hydrogen-bond acceptors (Lipinski definition) is 4. The highest BCUT2D eigenvalue weighted by Gasteiger charge is 2.36. The summed E-state index contributed by atoms with van der Waals surface area (Å²) in [5, 5.41) is 3.27. The van der Waals surface area contributed by atoms with Gasteiger partial charge in [0.15, 0.2) is 0 Å². The SMILES string of the molecule is CC(C)(C)NC(=O)[C@@H](Cc1ccccc1)N(Cc1ccc(F)cc1)C(=O)CN(c1ccc(Cl)cc1Cl)S(=O)(=O)c1ccccc1. The summed E-state index contributed by atoms with van der Waals surface area (Å²) in [6.07, 6.45) is 0.142. The van der Waals surface area contributed by atoms with Crippen LogP contribution in [0.5, 0.6) is 0 Å². The van der Waals surface area contributed by atoms with Crippen molar-refractivity contribution in [3.8, 4) is 0 Å². The molecule has 45 heavy (non-hydrogen) atoms. The van der Waals surface area contributed by atoms with Crippen LogP contribution in [0, 0.1) is 5.82 Å². The molecular formula is C34H34Cl2FN3O4S. The minimum atomic E-state index is -4.32. The highest BCUT2D eigenvalue weighted by molar-refractivity contribution is 7.92. The first kappa shape index (κ1) is 34.0. The Labute approximate surface area is 273 Å². The standard InChI is InChI=1S/C34H34Cl2FN3O4S/c1-34(2,3)38-33(42)31(20-24-10-6-4-7-11-24)39(22-25-14-17-27(37)18-15-25)32(41)23-40(30-19-16-26(35)21-29(30)36)45(43,44)28-12-8-5-9-13-28/h4-19,21,31H,20,22-23H2,1-3H3,(H,38,42)/t31-/m1/s1. The van der Waals surface area contributed by atoms with Crippen molar-refractivity contribution in [2.75, 3.05) is 10.8 Å². The van der Waals surface area contributed by atoms with Gasteiger partial charge < -0.3 is 10.2 Å². The molecule has 11 heteroatoms. The smallest absolute Gasteiger partial charge is 0.264 e. The van der Waals surface area contributed by atoms with Gasteiger partial charge in [0.25, 0.3) is 10.0 Å². The number of anilines is 1. The maximum absolute atomic E-state index is 14.5. The van der Waals surface area contributed by atoms with Gasteiger partial charge in [0.2, 0.25) is 11.8 Å². The quantitative estimate of drug-likeness (QED) is 0.189. The van der Waals surface area contributed by atoms with Crippen LogP contribution in [-0.2, 0) is 32.6 Å². The van der Waals surface area contributed by atoms with Crippen molar-refractivity contribution < 1.29 is 22.4 Å². The zero-order valence-electron chi connectivity index (χ0n) is 25.1. The summed E-state index contributed by atoms with van der Waals surface area (Å²) in [5.41, 5.74) is 0.751. The molecule has 0 saturated carbocycles. The lowest BCUT2D eigenvalue weighted by Gasteiger charge is -2.35. The van der Waals surface area contributed by atoms with E-state index in [2.05, 4.69) is 5.32 Å². The van der Waals surface area contributed by atoms with Crippen molar-refractivity contribution in [2.24, 2.45) is 0 Å². The van der Waals surface area contributed by atoms with Crippen molar-refractivity contribution >= 4 is 50.7 Å². The first-order valence-corrected chi connectivity index (χ1v) is 16.4. The fourth-order valence-electron chi connectivity index (χ4n) is 4.71. The molecule has 0 fully saturated rings. The maximum atomic E-state index is 14.5. The number of nitrogens with zero attached hydrogens (tertiary/aromatic N) is 2. The van der Waals surface area contributed by atoms with E-state index in [1.54, 1.807) is 18.2 Å². The molecule has 0 saturated heterocycles. The number of sulfonamides is 1. The number of hydrogen-bond donors (Lipinski definition) is 1. The molecule has 0 aromatic heterocycles. The Kier molecular flexibility index (Phi) is 10.9. The summed E-state index contributed by atoms with van der Waals surface area (Å²) >= 11 is 12.6. The zero-order chi connectivity index (χ0) is 32.8. The molecule has 4 rings (SSSR count). The Morgan fingerprint density at radius 1 is 0.844 bits per heavy atom. The van der Waals surface area contributed by atoms with E-state index < -0.39 is 45.8 Å². The molecule has 0 aliphatic heterocycles. The van der Waals surface area contributed by atoms with Crippen LogP contribution in [0.1, 0.15) is 31.9 Å². The minimum absolute atomic E-state index is 0.0196. The average Bonchev–Trinajstić information content (AvgIpc) is 2.99. The van der Waals surface area contributed by atoms with Gasteiger partial charge in [0, 0.05) is 23.5 Å². The molecule has 0 aliphatic rings. The number of nitrogens with one attached hydrogen (secondary N) is 1. The first-order chi connectivity index (χ1) is 21.2. The van der Waals surface area contributed by atoms with Gasteiger partial charge in [-0.2, -0.15) is 0 Å². The second-order valence-electron chi connectivity index (χ2n) is 11.5. The van der Waals surface area contributed by atoms with Crippen LogP contribution >= 0.6 is 23.2 Å². The van der Waals surface area contributed by atoms with Crippen LogP contribution in [0.15, 0.2) is 108 Å². The molecule has 1 N–H and O–H groups in total. The van der Waals surface area contributed by atoms with Crippen molar-refractivity contribution in [3.63, 3.8) is 0 Å². The maximum Gasteiger partial charge on any atom is 0.264 e. The summed E-state index contributed by atoms with van der Waals surface area (Å²) in [7, 11) is -4.32. The predicted octanol–water partition coefficient (Wildman–Crippen LogP) is 6.88. The minimum Gasteiger partial charge on any atom is -0.350 e. The van der Waals surface area contributed by atoms with Crippen LogP contribution < -0.4 is 9.62 Å². The largest absolute Gasteiger partial charge is 0.350 e. The summed E-state index contributed by atoms with van der Waals surface area (Å²) in [4.78, 5) is 29.6. The second kappa shape index (κ2) is 14.5. The topological polar surface area (TPSA) is 86.8 Å². The van der Waals surface area contributed by atoms with E-state index in [0.29, 0.717) is 5.56 Å². The zero-order valence-corrected chi connectivity index (χ0v) is 27.4. The fraction of sp³-hybridized carbons (Fsp3) is 0.235. The number of carbonyl (C=O) groups is 2. The Morgan fingerprint density at radius 2 is 1.44 bits per heavy atom. The summed E-state index contributed by atoms with van der Waals surface area (Å²) < 4.78 is 42.8. The second-order valence-corrected chi connectivity index (χ2v) is 14.2. The van der Waals surface area contributed by atoms with E-state index in [4.69, 9.17) is 23.2 Å². The monoisotopic (exact) mass is 669 g/mol. The van der Waals surface area contributed by atoms with Gasteiger partial charge >= 0.3 is 0 Å². The highest BCUT2D eigenvalue weighted by atomic mass is 35.5. The molecule has 4 aromatic carbocycles. The van der Waals surface area contributed by atoms with Crippen molar-refractivity contribution in [1.29, 1.82) is 0 Å². The van der Waals surface area contributed by atoms with E-state index in [1.807, 2.05) is 51.1 Å². The fourth-order valence-corrected chi connectivity index (χ4v) is 6.72. The summed E-state index contributed by atoms with van der Waals surface area (Å²) in [6.45, 7) is 4.70. The van der Waals surface area contributed by atoms with Gasteiger partial charge in [0.05, 0.1) is 15.6 Å². The van der Waals surface area contributed by atoms with Gasteiger partial charge in [-0.05, 0) is 74.4 Å². The van der Waals surface area contributed by atoms with Gasteiger partial charge in [-0.25, -0.2) is 12.8 Å². The van der Waals surface area contributed by atoms with Crippen LogP contribution in [-0.4, -0.2) is 43.3 Å². The molecule has 0 bridgehead atoms. The van der Waals surface area contributed by atoms with Crippen molar-refractivity contribution in [3.05, 3.63) is 130 Å². The first-order valence-electron chi connectivity index (χ1n) is 14.2. The number of rotatable bonds is 11. The lowest BCUT2D eigenvalue weighted by molar-refractivity contribution is -0.140. The molecule has 236 valence electrons. The Bertz CT molecular complexity index is 1730. The molecule has 0 heterocycles. The highest BCUT2D eigenvalue weighted by Crippen LogP contribution is 2.33. The van der Waals surface area contributed by atoms with E-state index in [9.17, 15) is 22.4 Å². The number of benzene rings is 4. The molecule has 0 spiro atoms. The predicted molar refractivity (Wildman–Crippen MR) is 176 cm³/mol. The summed E-state index contributed by atoms with van der Waals surface area (Å²) in [6, 6.07) is 25.7. The van der Waals surface area contributed by atoms with Crippen LogP contribution in [0.4, 0.5) is 10.1 Å². The van der Waals surface area contributed by atoms with Gasteiger partial charge in [-0.3, -0.25) is 13.9 Å². The van der Waals surface area contributed by atoms with Gasteiger partial charge in [0.1, 0.15) is 18.4 Å². The third kappa shape index (κ3) is 9.06. The van der Waals surface area contributed by atoms with Crippen LogP contribution in [0.25, 0.3) is 0 Å². The third-order valence-corrected chi connectivity index (χ3v) is 9.14. The van der Waals surface area contributed by atoms with E-state index in [-0.39, 0.29) is 33.6 Å². The average molecular weight is 671 g/mol. The van der Waals surface area contributed by atoms with E-state index >= 15 is 0 Å². The molecule has 7 nitrogen and oxygen atoms in total. The van der Waals surface area contributed by atoms with Crippen molar-refractivity contribution in [1.82, 2.24) is 10.2 Å². The van der Waals surface area contributed by atoms with Gasteiger partial charge in [-0.1, -0.05) is 83.9 Å².